The lowest BCUT2D eigenvalue weighted by Gasteiger charge is -2.27. The van der Waals surface area contributed by atoms with Gasteiger partial charge in [-0.3, -0.25) is 9.59 Å². The number of carbonyl (C=O) groups is 2. The topological polar surface area (TPSA) is 67.4 Å². The van der Waals surface area contributed by atoms with Crippen molar-refractivity contribution >= 4 is 33.4 Å². The number of nitrogens with one attached hydrogen (secondary N) is 2. The lowest BCUT2D eigenvalue weighted by atomic mass is 9.94. The standard InChI is InChI=1S/C21H23BrN2O3/c1-21(2,15-8-10-16(22)11-9-15)24-19(25)14-5-3-6-17(13-14)23-20(26)18-7-4-12-27-18/h3,5-6,8-11,13,18H,4,7,12H2,1-2H3,(H,23,26)(H,24,25)/t18-/m0/s1. The van der Waals surface area contributed by atoms with Crippen LogP contribution in [0.3, 0.4) is 0 Å². The number of amides is 2. The third-order valence-corrected chi connectivity index (χ3v) is 5.14. The maximum atomic E-state index is 12.7. The van der Waals surface area contributed by atoms with Crippen molar-refractivity contribution in [1.82, 2.24) is 5.32 Å². The Labute approximate surface area is 167 Å². The summed E-state index contributed by atoms with van der Waals surface area (Å²) in [7, 11) is 0. The number of anilines is 1. The van der Waals surface area contributed by atoms with Crippen LogP contribution < -0.4 is 10.6 Å². The minimum Gasteiger partial charge on any atom is -0.368 e. The minimum atomic E-state index is -0.533. The highest BCUT2D eigenvalue weighted by atomic mass is 79.9. The molecule has 1 aliphatic heterocycles. The van der Waals surface area contributed by atoms with Crippen LogP contribution in [0.1, 0.15) is 42.6 Å². The van der Waals surface area contributed by atoms with Gasteiger partial charge in [0.1, 0.15) is 6.10 Å². The molecular weight excluding hydrogens is 408 g/mol. The van der Waals surface area contributed by atoms with Crippen LogP contribution in [-0.2, 0) is 15.1 Å². The van der Waals surface area contributed by atoms with Gasteiger partial charge >= 0.3 is 0 Å². The van der Waals surface area contributed by atoms with Crippen LogP contribution in [-0.4, -0.2) is 24.5 Å². The van der Waals surface area contributed by atoms with Gasteiger partial charge in [0.2, 0.25) is 0 Å². The molecule has 2 N–H and O–H groups in total. The quantitative estimate of drug-likeness (QED) is 0.745. The van der Waals surface area contributed by atoms with Crippen LogP contribution in [0.2, 0.25) is 0 Å². The smallest absolute Gasteiger partial charge is 0.253 e. The van der Waals surface area contributed by atoms with Gasteiger partial charge in [0, 0.05) is 22.3 Å². The number of rotatable bonds is 5. The van der Waals surface area contributed by atoms with Crippen LogP contribution in [0.5, 0.6) is 0 Å². The first-order valence-electron chi connectivity index (χ1n) is 8.96. The summed E-state index contributed by atoms with van der Waals surface area (Å²) >= 11 is 3.42. The Hall–Kier alpha value is -2.18. The normalized spacial score (nSPS) is 16.8. The van der Waals surface area contributed by atoms with Crippen LogP contribution >= 0.6 is 15.9 Å². The number of benzene rings is 2. The van der Waals surface area contributed by atoms with Crippen molar-refractivity contribution in [3.05, 3.63) is 64.1 Å². The monoisotopic (exact) mass is 430 g/mol. The highest BCUT2D eigenvalue weighted by Crippen LogP contribution is 2.23. The van der Waals surface area contributed by atoms with Crippen LogP contribution in [0, 0.1) is 0 Å². The second kappa shape index (κ2) is 8.23. The summed E-state index contributed by atoms with van der Waals surface area (Å²) < 4.78 is 6.38. The van der Waals surface area contributed by atoms with Gasteiger partial charge in [-0.1, -0.05) is 34.1 Å². The Morgan fingerprint density at radius 3 is 2.56 bits per heavy atom. The first-order chi connectivity index (χ1) is 12.8. The molecule has 3 rings (SSSR count). The van der Waals surface area contributed by atoms with Crippen molar-refractivity contribution in [3.63, 3.8) is 0 Å². The predicted octanol–water partition coefficient (Wildman–Crippen LogP) is 4.23. The van der Waals surface area contributed by atoms with E-state index >= 15 is 0 Å². The zero-order valence-corrected chi connectivity index (χ0v) is 17.0. The molecule has 1 aliphatic rings. The molecule has 2 amide bonds. The zero-order valence-electron chi connectivity index (χ0n) is 15.4. The summed E-state index contributed by atoms with van der Waals surface area (Å²) in [5.41, 5.74) is 1.55. The number of hydrogen-bond donors (Lipinski definition) is 2. The molecule has 0 bridgehead atoms. The fourth-order valence-corrected chi connectivity index (χ4v) is 3.30. The van der Waals surface area contributed by atoms with Gasteiger partial charge in [-0.25, -0.2) is 0 Å². The molecule has 5 nitrogen and oxygen atoms in total. The average molecular weight is 431 g/mol. The fourth-order valence-electron chi connectivity index (χ4n) is 3.04. The summed E-state index contributed by atoms with van der Waals surface area (Å²) in [5.74, 6) is -0.364. The number of hydrogen-bond acceptors (Lipinski definition) is 3. The maximum Gasteiger partial charge on any atom is 0.253 e. The van der Waals surface area contributed by atoms with Gasteiger partial charge in [-0.15, -0.1) is 0 Å². The Morgan fingerprint density at radius 2 is 1.89 bits per heavy atom. The Bertz CT molecular complexity index is 828. The summed E-state index contributed by atoms with van der Waals surface area (Å²) in [4.78, 5) is 24.9. The fraction of sp³-hybridized carbons (Fsp3) is 0.333. The third kappa shape index (κ3) is 4.96. The van der Waals surface area contributed by atoms with E-state index in [4.69, 9.17) is 4.74 Å². The molecule has 27 heavy (non-hydrogen) atoms. The Kier molecular flexibility index (Phi) is 5.97. The van der Waals surface area contributed by atoms with Crippen LogP contribution in [0.25, 0.3) is 0 Å². The second-order valence-corrected chi connectivity index (χ2v) is 8.07. The molecule has 142 valence electrons. The van der Waals surface area contributed by atoms with Crippen molar-refractivity contribution in [2.45, 2.75) is 38.3 Å². The van der Waals surface area contributed by atoms with E-state index in [9.17, 15) is 9.59 Å². The van der Waals surface area contributed by atoms with Gasteiger partial charge in [-0.2, -0.15) is 0 Å². The van der Waals surface area contributed by atoms with E-state index in [-0.39, 0.29) is 11.8 Å². The van der Waals surface area contributed by atoms with Gasteiger partial charge in [-0.05, 0) is 62.6 Å². The Morgan fingerprint density at radius 1 is 1.15 bits per heavy atom. The van der Waals surface area contributed by atoms with Gasteiger partial charge in [0.15, 0.2) is 0 Å². The first-order valence-corrected chi connectivity index (χ1v) is 9.75. The highest BCUT2D eigenvalue weighted by Gasteiger charge is 2.25. The number of carbonyl (C=O) groups excluding carboxylic acids is 2. The predicted molar refractivity (Wildman–Crippen MR) is 109 cm³/mol. The zero-order chi connectivity index (χ0) is 19.4. The molecule has 0 radical (unpaired) electrons. The largest absolute Gasteiger partial charge is 0.368 e. The molecule has 1 fully saturated rings. The summed E-state index contributed by atoms with van der Waals surface area (Å²) in [6.45, 7) is 4.53. The third-order valence-electron chi connectivity index (χ3n) is 4.61. The van der Waals surface area contributed by atoms with Crippen LogP contribution in [0.15, 0.2) is 53.0 Å². The lowest BCUT2D eigenvalue weighted by Crippen LogP contribution is -2.41. The maximum absolute atomic E-state index is 12.7. The molecular formula is C21H23BrN2O3. The lowest BCUT2D eigenvalue weighted by molar-refractivity contribution is -0.124. The summed E-state index contributed by atoms with van der Waals surface area (Å²) in [5, 5.41) is 5.88. The molecule has 0 aromatic heterocycles. The summed E-state index contributed by atoms with van der Waals surface area (Å²) in [6.07, 6.45) is 1.22. The van der Waals surface area contributed by atoms with Crippen molar-refractivity contribution in [2.75, 3.05) is 11.9 Å². The van der Waals surface area contributed by atoms with Crippen LogP contribution in [0.4, 0.5) is 5.69 Å². The second-order valence-electron chi connectivity index (χ2n) is 7.16. The molecule has 6 heteroatoms. The molecule has 1 heterocycles. The molecule has 1 saturated heterocycles. The van der Waals surface area contributed by atoms with E-state index < -0.39 is 11.6 Å². The van der Waals surface area contributed by atoms with E-state index in [1.807, 2.05) is 38.1 Å². The molecule has 0 saturated carbocycles. The van der Waals surface area contributed by atoms with Gasteiger partial charge in [0.25, 0.3) is 11.8 Å². The van der Waals surface area contributed by atoms with E-state index in [0.29, 0.717) is 17.9 Å². The van der Waals surface area contributed by atoms with Crippen molar-refractivity contribution in [2.24, 2.45) is 0 Å². The van der Waals surface area contributed by atoms with Gasteiger partial charge < -0.3 is 15.4 Å². The van der Waals surface area contributed by atoms with E-state index in [1.54, 1.807) is 24.3 Å². The molecule has 1 atom stereocenters. The molecule has 2 aromatic rings. The van der Waals surface area contributed by atoms with Gasteiger partial charge in [0.05, 0.1) is 5.54 Å². The SMILES string of the molecule is CC(C)(NC(=O)c1cccc(NC(=O)[C@@H]2CCCO2)c1)c1ccc(Br)cc1. The molecule has 0 spiro atoms. The van der Waals surface area contributed by atoms with E-state index in [2.05, 4.69) is 26.6 Å². The first kappa shape index (κ1) is 19.6. The molecule has 0 unspecified atom stereocenters. The van der Waals surface area contributed by atoms with Crippen molar-refractivity contribution < 1.29 is 14.3 Å². The Balaban J connectivity index is 1.69. The minimum absolute atomic E-state index is 0.166. The van der Waals surface area contributed by atoms with Crippen molar-refractivity contribution in [3.8, 4) is 0 Å². The van der Waals surface area contributed by atoms with Crippen molar-refractivity contribution in [1.29, 1.82) is 0 Å². The van der Waals surface area contributed by atoms with E-state index in [1.165, 1.54) is 0 Å². The molecule has 0 aliphatic carbocycles. The number of halogens is 1. The highest BCUT2D eigenvalue weighted by molar-refractivity contribution is 9.10. The summed E-state index contributed by atoms with van der Waals surface area (Å²) in [6, 6.07) is 14.8. The number of ether oxygens (including phenoxy) is 1. The molecule has 2 aromatic carbocycles. The average Bonchev–Trinajstić information content (AvgIpc) is 3.17. The van der Waals surface area contributed by atoms with E-state index in [0.717, 1.165) is 22.9 Å².